The van der Waals surface area contributed by atoms with Crippen LogP contribution in [0.15, 0.2) is 22.7 Å². The molecule has 1 aromatic rings. The zero-order valence-corrected chi connectivity index (χ0v) is 9.68. The van der Waals surface area contributed by atoms with Crippen molar-refractivity contribution in [2.24, 2.45) is 0 Å². The smallest absolute Gasteiger partial charge is 0.294 e. The minimum Gasteiger partial charge on any atom is -0.491 e. The molecule has 0 aliphatic heterocycles. The Morgan fingerprint density at radius 3 is 2.81 bits per heavy atom. The molecule has 1 aromatic carbocycles. The predicted molar refractivity (Wildman–Crippen MR) is 58.0 cm³/mol. The molecule has 0 bridgehead atoms. The van der Waals surface area contributed by atoms with Crippen LogP contribution in [-0.4, -0.2) is 24.6 Å². The van der Waals surface area contributed by atoms with Crippen LogP contribution in [-0.2, 0) is 4.84 Å². The van der Waals surface area contributed by atoms with Crippen molar-refractivity contribution in [2.45, 2.75) is 0 Å². The molecule has 0 aliphatic carbocycles. The fraction of sp³-hybridized carbons (Fsp3) is 0.222. The van der Waals surface area contributed by atoms with Crippen molar-refractivity contribution >= 4 is 22.2 Å². The van der Waals surface area contributed by atoms with Crippen molar-refractivity contribution in [3.63, 3.8) is 0 Å². The normalized spacial score (nSPS) is 9.56. The highest BCUT2D eigenvalue weighted by atomic mass is 79.9. The summed E-state index contributed by atoms with van der Waals surface area (Å²) in [4.78, 5) is 24.6. The van der Waals surface area contributed by atoms with Gasteiger partial charge < -0.3 is 9.57 Å². The molecule has 0 atom stereocenters. The van der Waals surface area contributed by atoms with Crippen molar-refractivity contribution in [1.82, 2.24) is 0 Å². The van der Waals surface area contributed by atoms with E-state index in [1.807, 2.05) is 0 Å². The number of hydrogen-bond acceptors (Lipinski definition) is 5. The van der Waals surface area contributed by atoms with Gasteiger partial charge in [0.15, 0.2) is 6.29 Å². The van der Waals surface area contributed by atoms with E-state index in [0.717, 1.165) is 4.47 Å². The second-order valence-electron chi connectivity index (χ2n) is 2.71. The van der Waals surface area contributed by atoms with Crippen molar-refractivity contribution in [1.29, 1.82) is 0 Å². The first kappa shape index (κ1) is 12.4. The number of carbonyl (C=O) groups is 1. The molecule has 86 valence electrons. The van der Waals surface area contributed by atoms with Gasteiger partial charge in [-0.15, -0.1) is 10.1 Å². The minimum absolute atomic E-state index is 0.00342. The standard InChI is InChI=1S/C9H8BrNO5/c10-8-1-2-9(7(5-8)6-12)15-3-4-16-11(13)14/h1-2,5-6H,3-4H2. The van der Waals surface area contributed by atoms with E-state index in [-0.39, 0.29) is 13.2 Å². The molecule has 6 nitrogen and oxygen atoms in total. The molecule has 0 heterocycles. The molecule has 0 saturated carbocycles. The zero-order chi connectivity index (χ0) is 12.0. The highest BCUT2D eigenvalue weighted by Gasteiger charge is 2.04. The van der Waals surface area contributed by atoms with Crippen LogP contribution < -0.4 is 4.74 Å². The molecule has 0 fully saturated rings. The van der Waals surface area contributed by atoms with Crippen LogP contribution in [0.1, 0.15) is 10.4 Å². The third kappa shape index (κ3) is 3.85. The number of nitrogens with zero attached hydrogens (tertiary/aromatic N) is 1. The highest BCUT2D eigenvalue weighted by molar-refractivity contribution is 9.10. The topological polar surface area (TPSA) is 78.7 Å². The molecule has 0 radical (unpaired) electrons. The average molecular weight is 290 g/mol. The molecule has 0 unspecified atom stereocenters. The van der Waals surface area contributed by atoms with Gasteiger partial charge in [-0.05, 0) is 18.2 Å². The van der Waals surface area contributed by atoms with Crippen molar-refractivity contribution in [3.8, 4) is 5.75 Å². The van der Waals surface area contributed by atoms with Gasteiger partial charge in [0, 0.05) is 4.47 Å². The van der Waals surface area contributed by atoms with E-state index in [9.17, 15) is 14.9 Å². The third-order valence-electron chi connectivity index (χ3n) is 1.64. The first-order chi connectivity index (χ1) is 7.63. The Labute approximate surface area is 99.4 Å². The Morgan fingerprint density at radius 1 is 1.44 bits per heavy atom. The van der Waals surface area contributed by atoms with Crippen LogP contribution in [0.25, 0.3) is 0 Å². The lowest BCUT2D eigenvalue weighted by Crippen LogP contribution is -2.11. The number of rotatable bonds is 6. The Balaban J connectivity index is 2.53. The number of halogens is 1. The molecule has 1 rings (SSSR count). The van der Waals surface area contributed by atoms with Crippen molar-refractivity contribution in [2.75, 3.05) is 13.2 Å². The van der Waals surface area contributed by atoms with Gasteiger partial charge in [0.25, 0.3) is 5.09 Å². The number of carbonyl (C=O) groups excluding carboxylic acids is 1. The first-order valence-corrected chi connectivity index (χ1v) is 5.07. The zero-order valence-electron chi connectivity index (χ0n) is 8.09. The second kappa shape index (κ2) is 6.06. The number of ether oxygens (including phenoxy) is 1. The fourth-order valence-corrected chi connectivity index (χ4v) is 1.39. The number of benzene rings is 1. The number of aldehydes is 1. The van der Waals surface area contributed by atoms with E-state index in [2.05, 4.69) is 20.8 Å². The van der Waals surface area contributed by atoms with Gasteiger partial charge in [-0.2, -0.15) is 0 Å². The SMILES string of the molecule is O=Cc1cc(Br)ccc1OCCO[N+](=O)[O-]. The summed E-state index contributed by atoms with van der Waals surface area (Å²) in [6, 6.07) is 4.90. The summed E-state index contributed by atoms with van der Waals surface area (Å²) in [5.74, 6) is 0.366. The maximum atomic E-state index is 10.7. The van der Waals surface area contributed by atoms with Crippen LogP contribution in [0.2, 0.25) is 0 Å². The molecule has 16 heavy (non-hydrogen) atoms. The third-order valence-corrected chi connectivity index (χ3v) is 2.13. The van der Waals surface area contributed by atoms with Crippen LogP contribution in [0.3, 0.4) is 0 Å². The molecule has 0 amide bonds. The summed E-state index contributed by atoms with van der Waals surface area (Å²) in [5.41, 5.74) is 0.371. The maximum absolute atomic E-state index is 10.7. The van der Waals surface area contributed by atoms with Gasteiger partial charge in [-0.3, -0.25) is 4.79 Å². The summed E-state index contributed by atoms with van der Waals surface area (Å²) in [7, 11) is 0. The van der Waals surface area contributed by atoms with E-state index < -0.39 is 5.09 Å². The van der Waals surface area contributed by atoms with E-state index in [0.29, 0.717) is 17.6 Å². The molecular formula is C9H8BrNO5. The Hall–Kier alpha value is -1.63. The summed E-state index contributed by atoms with van der Waals surface area (Å²) >= 11 is 3.21. The lowest BCUT2D eigenvalue weighted by molar-refractivity contribution is -0.757. The lowest BCUT2D eigenvalue weighted by Gasteiger charge is -2.07. The largest absolute Gasteiger partial charge is 0.491 e. The fourth-order valence-electron chi connectivity index (χ4n) is 1.01. The summed E-state index contributed by atoms with van der Waals surface area (Å²) in [6.07, 6.45) is 0.647. The summed E-state index contributed by atoms with van der Waals surface area (Å²) < 4.78 is 5.91. The van der Waals surface area contributed by atoms with Crippen LogP contribution in [0.4, 0.5) is 0 Å². The Bertz CT molecular complexity index is 395. The van der Waals surface area contributed by atoms with E-state index in [4.69, 9.17) is 4.74 Å². The first-order valence-electron chi connectivity index (χ1n) is 4.28. The van der Waals surface area contributed by atoms with Crippen LogP contribution in [0, 0.1) is 10.1 Å². The van der Waals surface area contributed by atoms with Gasteiger partial charge in [0.05, 0.1) is 5.56 Å². The maximum Gasteiger partial charge on any atom is 0.294 e. The Kier molecular flexibility index (Phi) is 4.71. The molecule has 0 saturated heterocycles. The van der Waals surface area contributed by atoms with Gasteiger partial charge in [0.2, 0.25) is 0 Å². The Morgan fingerprint density at radius 2 is 2.19 bits per heavy atom. The lowest BCUT2D eigenvalue weighted by atomic mass is 10.2. The minimum atomic E-state index is -0.897. The number of hydrogen-bond donors (Lipinski definition) is 0. The van der Waals surface area contributed by atoms with Crippen LogP contribution >= 0.6 is 15.9 Å². The molecule has 0 spiro atoms. The van der Waals surface area contributed by atoms with E-state index >= 15 is 0 Å². The monoisotopic (exact) mass is 289 g/mol. The van der Waals surface area contributed by atoms with Crippen molar-refractivity contribution in [3.05, 3.63) is 38.3 Å². The molecular weight excluding hydrogens is 282 g/mol. The second-order valence-corrected chi connectivity index (χ2v) is 3.62. The van der Waals surface area contributed by atoms with Gasteiger partial charge in [-0.1, -0.05) is 15.9 Å². The van der Waals surface area contributed by atoms with Crippen LogP contribution in [0.5, 0.6) is 5.75 Å². The predicted octanol–water partition coefficient (Wildman–Crippen LogP) is 1.85. The summed E-state index contributed by atoms with van der Waals surface area (Å²) in [6.45, 7) is -0.176. The van der Waals surface area contributed by atoms with Gasteiger partial charge >= 0.3 is 0 Å². The quantitative estimate of drug-likeness (QED) is 0.346. The average Bonchev–Trinajstić information content (AvgIpc) is 2.25. The molecule has 0 N–H and O–H groups in total. The van der Waals surface area contributed by atoms with Crippen molar-refractivity contribution < 1.29 is 19.5 Å². The van der Waals surface area contributed by atoms with Gasteiger partial charge in [0.1, 0.15) is 19.0 Å². The van der Waals surface area contributed by atoms with E-state index in [1.165, 1.54) is 0 Å². The highest BCUT2D eigenvalue weighted by Crippen LogP contribution is 2.21. The van der Waals surface area contributed by atoms with E-state index in [1.54, 1.807) is 18.2 Å². The molecule has 0 aliphatic rings. The molecule has 0 aromatic heterocycles. The van der Waals surface area contributed by atoms with Gasteiger partial charge in [-0.25, -0.2) is 0 Å². The molecule has 7 heteroatoms. The summed E-state index contributed by atoms with van der Waals surface area (Å²) in [5, 5.41) is 8.95.